The van der Waals surface area contributed by atoms with Crippen LogP contribution >= 0.6 is 0 Å². The molecule has 0 aromatic rings. The summed E-state index contributed by atoms with van der Waals surface area (Å²) in [5.41, 5.74) is 0. The first-order valence-corrected chi connectivity index (χ1v) is 6.11. The molecule has 8 heteroatoms. The first kappa shape index (κ1) is 12.3. The summed E-state index contributed by atoms with van der Waals surface area (Å²) in [5, 5.41) is 0. The molecule has 1 fully saturated rings. The zero-order chi connectivity index (χ0) is 11.7. The van der Waals surface area contributed by atoms with E-state index in [-0.39, 0.29) is 25.3 Å². The topological polar surface area (TPSA) is 54.5 Å². The molecule has 0 radical (unpaired) electrons. The summed E-state index contributed by atoms with van der Waals surface area (Å²) < 4.78 is 58.2. The van der Waals surface area contributed by atoms with Crippen LogP contribution in [0.25, 0.3) is 0 Å². The van der Waals surface area contributed by atoms with E-state index in [4.69, 9.17) is 0 Å². The molecule has 1 amide bonds. The molecular formula is C7H10F3NO3S. The Morgan fingerprint density at radius 3 is 2.27 bits per heavy atom. The van der Waals surface area contributed by atoms with Crippen LogP contribution < -0.4 is 0 Å². The zero-order valence-electron chi connectivity index (χ0n) is 7.75. The molecule has 0 spiro atoms. The Balaban J connectivity index is 2.71. The van der Waals surface area contributed by atoms with Gasteiger partial charge in [0.2, 0.25) is 0 Å². The summed E-state index contributed by atoms with van der Waals surface area (Å²) in [6.07, 6.45) is -4.86. The minimum atomic E-state index is -4.92. The summed E-state index contributed by atoms with van der Waals surface area (Å²) in [6, 6.07) is 0. The van der Waals surface area contributed by atoms with Gasteiger partial charge in [-0.1, -0.05) is 0 Å². The lowest BCUT2D eigenvalue weighted by atomic mass is 10.4. The summed E-state index contributed by atoms with van der Waals surface area (Å²) in [7, 11) is -3.29. The van der Waals surface area contributed by atoms with E-state index in [9.17, 15) is 26.4 Å². The molecule has 0 saturated carbocycles. The maximum atomic E-state index is 12.0. The van der Waals surface area contributed by atoms with E-state index >= 15 is 0 Å². The van der Waals surface area contributed by atoms with Crippen molar-refractivity contribution in [1.82, 2.24) is 4.90 Å². The molecule has 0 atom stereocenters. The van der Waals surface area contributed by atoms with Gasteiger partial charge < -0.3 is 4.90 Å². The highest BCUT2D eigenvalue weighted by molar-refractivity contribution is 7.91. The molecule has 1 saturated heterocycles. The van der Waals surface area contributed by atoms with Gasteiger partial charge >= 0.3 is 12.1 Å². The standard InChI is InChI=1S/C7H10F3NO3S/c8-7(9,10)6(12)11-2-1-4-15(13,14)5-3-11/h1-5H2. The van der Waals surface area contributed by atoms with Gasteiger partial charge in [0.15, 0.2) is 9.84 Å². The van der Waals surface area contributed by atoms with Crippen molar-refractivity contribution in [1.29, 1.82) is 0 Å². The van der Waals surface area contributed by atoms with Crippen LogP contribution in [0.15, 0.2) is 0 Å². The molecule has 0 unspecified atom stereocenters. The van der Waals surface area contributed by atoms with Crippen LogP contribution in [-0.2, 0) is 14.6 Å². The van der Waals surface area contributed by atoms with Gasteiger partial charge in [-0.15, -0.1) is 0 Å². The van der Waals surface area contributed by atoms with Crippen LogP contribution in [0.4, 0.5) is 13.2 Å². The minimum Gasteiger partial charge on any atom is -0.334 e. The quantitative estimate of drug-likeness (QED) is 0.612. The third-order valence-electron chi connectivity index (χ3n) is 2.09. The Morgan fingerprint density at radius 2 is 1.73 bits per heavy atom. The summed E-state index contributed by atoms with van der Waals surface area (Å²) in [6.45, 7) is -0.530. The lowest BCUT2D eigenvalue weighted by Gasteiger charge is -2.20. The van der Waals surface area contributed by atoms with Crippen molar-refractivity contribution in [3.05, 3.63) is 0 Å². The molecule has 1 aliphatic rings. The van der Waals surface area contributed by atoms with Gasteiger partial charge in [-0.3, -0.25) is 4.79 Å². The third kappa shape index (κ3) is 3.37. The van der Waals surface area contributed by atoms with Crippen molar-refractivity contribution in [2.75, 3.05) is 24.6 Å². The van der Waals surface area contributed by atoms with Crippen LogP contribution in [0.2, 0.25) is 0 Å². The monoisotopic (exact) mass is 245 g/mol. The Hall–Kier alpha value is -0.790. The molecule has 15 heavy (non-hydrogen) atoms. The molecule has 0 N–H and O–H groups in total. The number of hydrogen-bond donors (Lipinski definition) is 0. The Morgan fingerprint density at radius 1 is 1.13 bits per heavy atom. The van der Waals surface area contributed by atoms with Crippen molar-refractivity contribution >= 4 is 15.7 Å². The number of carbonyl (C=O) groups is 1. The molecule has 4 nitrogen and oxygen atoms in total. The van der Waals surface area contributed by atoms with E-state index in [1.54, 1.807) is 0 Å². The predicted molar refractivity (Wildman–Crippen MR) is 45.9 cm³/mol. The number of halogens is 3. The third-order valence-corrected chi connectivity index (χ3v) is 3.80. The van der Waals surface area contributed by atoms with Crippen LogP contribution in [0.5, 0.6) is 0 Å². The van der Waals surface area contributed by atoms with Gasteiger partial charge in [0.25, 0.3) is 0 Å². The van der Waals surface area contributed by atoms with Crippen molar-refractivity contribution < 1.29 is 26.4 Å². The zero-order valence-corrected chi connectivity index (χ0v) is 8.57. The lowest BCUT2D eigenvalue weighted by Crippen LogP contribution is -2.42. The van der Waals surface area contributed by atoms with Crippen molar-refractivity contribution in [2.24, 2.45) is 0 Å². The van der Waals surface area contributed by atoms with Gasteiger partial charge in [-0.25, -0.2) is 8.42 Å². The number of alkyl halides is 3. The summed E-state index contributed by atoms with van der Waals surface area (Å²) in [4.78, 5) is 11.3. The average molecular weight is 245 g/mol. The maximum absolute atomic E-state index is 12.0. The SMILES string of the molecule is O=C(N1CCCS(=O)(=O)CC1)C(F)(F)F. The number of amides is 1. The van der Waals surface area contributed by atoms with Crippen LogP contribution in [-0.4, -0.2) is 50.0 Å². The first-order valence-electron chi connectivity index (χ1n) is 4.29. The normalized spacial score (nSPS) is 22.2. The van der Waals surface area contributed by atoms with Gasteiger partial charge in [0, 0.05) is 13.1 Å². The van der Waals surface area contributed by atoms with E-state index in [1.165, 1.54) is 0 Å². The Kier molecular flexibility index (Phi) is 3.27. The highest BCUT2D eigenvalue weighted by Crippen LogP contribution is 2.19. The summed E-state index contributed by atoms with van der Waals surface area (Å²) in [5.74, 6) is -2.51. The maximum Gasteiger partial charge on any atom is 0.471 e. The molecule has 1 rings (SSSR count). The number of carbonyl (C=O) groups excluding carboxylic acids is 1. The lowest BCUT2D eigenvalue weighted by molar-refractivity contribution is -0.185. The van der Waals surface area contributed by atoms with Gasteiger partial charge in [0.1, 0.15) is 0 Å². The number of sulfone groups is 1. The second-order valence-corrected chi connectivity index (χ2v) is 5.60. The Labute approximate surface area is 85.0 Å². The second kappa shape index (κ2) is 3.99. The Bertz CT molecular complexity index is 349. The molecule has 1 aliphatic heterocycles. The van der Waals surface area contributed by atoms with Crippen molar-refractivity contribution in [3.63, 3.8) is 0 Å². The van der Waals surface area contributed by atoms with Crippen LogP contribution in [0, 0.1) is 0 Å². The predicted octanol–water partition coefficient (Wildman–Crippen LogP) is 0.196. The van der Waals surface area contributed by atoms with Gasteiger partial charge in [-0.05, 0) is 6.42 Å². The highest BCUT2D eigenvalue weighted by Gasteiger charge is 2.42. The van der Waals surface area contributed by atoms with E-state index in [0.717, 1.165) is 0 Å². The number of hydrogen-bond acceptors (Lipinski definition) is 3. The number of nitrogens with zero attached hydrogens (tertiary/aromatic N) is 1. The van der Waals surface area contributed by atoms with E-state index in [1.807, 2.05) is 0 Å². The smallest absolute Gasteiger partial charge is 0.334 e. The van der Waals surface area contributed by atoms with Crippen molar-refractivity contribution in [3.8, 4) is 0 Å². The van der Waals surface area contributed by atoms with Gasteiger partial charge in [0.05, 0.1) is 11.5 Å². The molecule has 0 aromatic carbocycles. The first-order chi connectivity index (χ1) is 6.72. The molecule has 1 heterocycles. The fourth-order valence-electron chi connectivity index (χ4n) is 1.32. The van der Waals surface area contributed by atoms with Crippen LogP contribution in [0.3, 0.4) is 0 Å². The van der Waals surface area contributed by atoms with Crippen LogP contribution in [0.1, 0.15) is 6.42 Å². The van der Waals surface area contributed by atoms with Crippen molar-refractivity contribution in [2.45, 2.75) is 12.6 Å². The minimum absolute atomic E-state index is 0.0597. The molecule has 0 bridgehead atoms. The second-order valence-electron chi connectivity index (χ2n) is 3.30. The largest absolute Gasteiger partial charge is 0.471 e. The fourth-order valence-corrected chi connectivity index (χ4v) is 2.59. The van der Waals surface area contributed by atoms with E-state index in [0.29, 0.717) is 4.90 Å². The fraction of sp³-hybridized carbons (Fsp3) is 0.857. The molecule has 0 aliphatic carbocycles. The molecule has 88 valence electrons. The summed E-state index contributed by atoms with van der Waals surface area (Å²) >= 11 is 0. The number of rotatable bonds is 0. The van der Waals surface area contributed by atoms with E-state index < -0.39 is 27.7 Å². The van der Waals surface area contributed by atoms with Gasteiger partial charge in [-0.2, -0.15) is 13.2 Å². The average Bonchev–Trinajstić information content (AvgIpc) is 2.23. The molecular weight excluding hydrogens is 235 g/mol. The van der Waals surface area contributed by atoms with E-state index in [2.05, 4.69) is 0 Å². The highest BCUT2D eigenvalue weighted by atomic mass is 32.2. The molecule has 0 aromatic heterocycles.